The number of hydrogen-bond acceptors (Lipinski definition) is 2. The van der Waals surface area contributed by atoms with Crippen LogP contribution in [0.3, 0.4) is 0 Å². The average molecular weight is 405 g/mol. The van der Waals surface area contributed by atoms with Gasteiger partial charge in [0, 0.05) is 18.0 Å². The van der Waals surface area contributed by atoms with E-state index in [1.165, 1.54) is 19.3 Å². The van der Waals surface area contributed by atoms with Crippen molar-refractivity contribution >= 4 is 33.4 Å². The van der Waals surface area contributed by atoms with Crippen molar-refractivity contribution in [2.75, 3.05) is 13.2 Å². The average Bonchev–Trinajstić information content (AvgIpc) is 2.53. The minimum Gasteiger partial charge on any atom is -0.492 e. The van der Waals surface area contributed by atoms with Crippen molar-refractivity contribution in [3.8, 4) is 5.75 Å². The van der Waals surface area contributed by atoms with E-state index in [2.05, 4.69) is 28.2 Å². The molecule has 0 aliphatic carbocycles. The number of rotatable bonds is 10. The lowest BCUT2D eigenvalue weighted by atomic mass is 10.1. The molecule has 1 rings (SSSR count). The number of carbonyl (C=O) groups excluding carboxylic acids is 1. The lowest BCUT2D eigenvalue weighted by Crippen LogP contribution is -2.24. The van der Waals surface area contributed by atoms with Gasteiger partial charge >= 0.3 is 0 Å². The van der Waals surface area contributed by atoms with E-state index in [0.29, 0.717) is 19.4 Å². The predicted molar refractivity (Wildman–Crippen MR) is 101 cm³/mol. The van der Waals surface area contributed by atoms with Crippen LogP contribution in [0.2, 0.25) is 5.02 Å². The van der Waals surface area contributed by atoms with E-state index in [9.17, 15) is 4.79 Å². The zero-order chi connectivity index (χ0) is 17.2. The number of benzene rings is 1. The van der Waals surface area contributed by atoms with Crippen molar-refractivity contribution in [2.24, 2.45) is 0 Å². The van der Waals surface area contributed by atoms with E-state index < -0.39 is 0 Å². The Bertz CT molecular complexity index is 520. The van der Waals surface area contributed by atoms with Gasteiger partial charge in [-0.15, -0.1) is 0 Å². The van der Waals surface area contributed by atoms with Crippen molar-refractivity contribution in [1.29, 1.82) is 0 Å². The summed E-state index contributed by atoms with van der Waals surface area (Å²) in [6, 6.07) is 1.92. The molecule has 5 heteroatoms. The highest BCUT2D eigenvalue weighted by molar-refractivity contribution is 9.10. The van der Waals surface area contributed by atoms with Crippen LogP contribution in [0, 0.1) is 13.8 Å². The lowest BCUT2D eigenvalue weighted by molar-refractivity contribution is -0.121. The fraction of sp³-hybridized carbons (Fsp3) is 0.611. The number of ether oxygens (including phenoxy) is 1. The van der Waals surface area contributed by atoms with Crippen molar-refractivity contribution in [1.82, 2.24) is 5.32 Å². The van der Waals surface area contributed by atoms with Gasteiger partial charge in [-0.1, -0.05) is 37.8 Å². The first-order valence-corrected chi connectivity index (χ1v) is 9.49. The molecule has 1 aromatic rings. The van der Waals surface area contributed by atoms with Crippen LogP contribution in [-0.2, 0) is 4.79 Å². The van der Waals surface area contributed by atoms with Crippen LogP contribution in [0.15, 0.2) is 10.5 Å². The van der Waals surface area contributed by atoms with Gasteiger partial charge in [0.05, 0.1) is 11.1 Å². The molecule has 0 aromatic heterocycles. The topological polar surface area (TPSA) is 38.3 Å². The quantitative estimate of drug-likeness (QED) is 0.517. The minimum atomic E-state index is 0.104. The van der Waals surface area contributed by atoms with Crippen molar-refractivity contribution in [3.05, 3.63) is 26.7 Å². The number of unbranched alkanes of at least 4 members (excludes halogenated alkanes) is 3. The van der Waals surface area contributed by atoms with Gasteiger partial charge in [-0.05, 0) is 59.8 Å². The molecule has 3 nitrogen and oxygen atoms in total. The summed E-state index contributed by atoms with van der Waals surface area (Å²) in [5, 5.41) is 3.71. The largest absolute Gasteiger partial charge is 0.492 e. The van der Waals surface area contributed by atoms with Gasteiger partial charge in [-0.25, -0.2) is 0 Å². The first kappa shape index (κ1) is 20.3. The molecule has 0 atom stereocenters. The summed E-state index contributed by atoms with van der Waals surface area (Å²) >= 11 is 9.71. The smallest absolute Gasteiger partial charge is 0.220 e. The third-order valence-corrected chi connectivity index (χ3v) is 5.29. The predicted octanol–water partition coefficient (Wildman–Crippen LogP) is 5.57. The van der Waals surface area contributed by atoms with Crippen LogP contribution in [0.4, 0.5) is 0 Å². The second kappa shape index (κ2) is 10.9. The molecule has 0 heterocycles. The molecular weight excluding hydrogens is 378 g/mol. The van der Waals surface area contributed by atoms with Gasteiger partial charge in [0.2, 0.25) is 5.91 Å². The molecule has 0 spiro atoms. The number of halogens is 2. The van der Waals surface area contributed by atoms with Crippen molar-refractivity contribution in [3.63, 3.8) is 0 Å². The summed E-state index contributed by atoms with van der Waals surface area (Å²) < 4.78 is 6.66. The highest BCUT2D eigenvalue weighted by Crippen LogP contribution is 2.35. The molecular formula is C18H27BrClNO2. The first-order chi connectivity index (χ1) is 11.0. The summed E-state index contributed by atoms with van der Waals surface area (Å²) in [7, 11) is 0. The fourth-order valence-corrected chi connectivity index (χ4v) is 2.98. The maximum absolute atomic E-state index is 11.7. The van der Waals surface area contributed by atoms with E-state index >= 15 is 0 Å². The van der Waals surface area contributed by atoms with Gasteiger partial charge in [0.15, 0.2) is 0 Å². The van der Waals surface area contributed by atoms with Crippen molar-refractivity contribution in [2.45, 2.75) is 59.3 Å². The van der Waals surface area contributed by atoms with Crippen LogP contribution in [-0.4, -0.2) is 19.1 Å². The normalized spacial score (nSPS) is 10.7. The Morgan fingerprint density at radius 1 is 1.26 bits per heavy atom. The van der Waals surface area contributed by atoms with Gasteiger partial charge < -0.3 is 10.1 Å². The Labute approximate surface area is 153 Å². The van der Waals surface area contributed by atoms with Crippen LogP contribution in [0.1, 0.15) is 56.6 Å². The maximum Gasteiger partial charge on any atom is 0.220 e. The zero-order valence-electron chi connectivity index (χ0n) is 14.3. The second-order valence-electron chi connectivity index (χ2n) is 5.81. The molecule has 0 aliphatic rings. The molecule has 0 radical (unpaired) electrons. The molecule has 0 unspecified atom stereocenters. The van der Waals surface area contributed by atoms with Crippen molar-refractivity contribution < 1.29 is 9.53 Å². The van der Waals surface area contributed by atoms with E-state index in [1.807, 2.05) is 19.9 Å². The Balaban J connectivity index is 2.26. The summed E-state index contributed by atoms with van der Waals surface area (Å²) in [4.78, 5) is 11.7. The van der Waals surface area contributed by atoms with Crippen LogP contribution in [0.25, 0.3) is 0 Å². The molecule has 130 valence electrons. The monoisotopic (exact) mass is 403 g/mol. The number of amides is 1. The van der Waals surface area contributed by atoms with Crippen LogP contribution >= 0.6 is 27.5 Å². The zero-order valence-corrected chi connectivity index (χ0v) is 16.6. The van der Waals surface area contributed by atoms with E-state index in [4.69, 9.17) is 16.3 Å². The molecule has 0 fully saturated rings. The van der Waals surface area contributed by atoms with E-state index in [1.54, 1.807) is 0 Å². The Morgan fingerprint density at radius 2 is 2.00 bits per heavy atom. The van der Waals surface area contributed by atoms with Gasteiger partial charge in [0.25, 0.3) is 0 Å². The summed E-state index contributed by atoms with van der Waals surface area (Å²) in [6.45, 7) is 7.39. The summed E-state index contributed by atoms with van der Waals surface area (Å²) in [5.41, 5.74) is 1.97. The molecule has 1 aromatic carbocycles. The molecule has 0 bridgehead atoms. The minimum absolute atomic E-state index is 0.104. The number of nitrogens with one attached hydrogen (secondary N) is 1. The Morgan fingerprint density at radius 3 is 2.70 bits per heavy atom. The molecule has 0 saturated carbocycles. The maximum atomic E-state index is 11.7. The van der Waals surface area contributed by atoms with Gasteiger partial charge in [0.1, 0.15) is 5.75 Å². The van der Waals surface area contributed by atoms with Crippen LogP contribution in [0.5, 0.6) is 5.75 Å². The summed E-state index contributed by atoms with van der Waals surface area (Å²) in [5.74, 6) is 0.886. The molecule has 1 N–H and O–H groups in total. The van der Waals surface area contributed by atoms with Gasteiger partial charge in [-0.3, -0.25) is 4.79 Å². The number of hydrogen-bond donors (Lipinski definition) is 1. The standard InChI is InChI=1S/C18H27BrClNO2/c1-4-5-6-7-10-21-16(22)9-8-11-23-15-12-13(2)18(20)14(3)17(15)19/h12H,4-11H2,1-3H3,(H,21,22). The van der Waals surface area contributed by atoms with Gasteiger partial charge in [-0.2, -0.15) is 0 Å². The fourth-order valence-electron chi connectivity index (χ4n) is 2.29. The molecule has 1 amide bonds. The molecule has 0 aliphatic heterocycles. The Kier molecular flexibility index (Phi) is 9.65. The first-order valence-electron chi connectivity index (χ1n) is 8.32. The highest BCUT2D eigenvalue weighted by atomic mass is 79.9. The van der Waals surface area contributed by atoms with E-state index in [-0.39, 0.29) is 5.91 Å². The van der Waals surface area contributed by atoms with E-state index in [0.717, 1.165) is 39.3 Å². The summed E-state index contributed by atoms with van der Waals surface area (Å²) in [6.07, 6.45) is 5.89. The van der Waals surface area contributed by atoms with Crippen LogP contribution < -0.4 is 10.1 Å². The molecule has 0 saturated heterocycles. The lowest BCUT2D eigenvalue weighted by Gasteiger charge is -2.13. The third-order valence-electron chi connectivity index (χ3n) is 3.73. The molecule has 23 heavy (non-hydrogen) atoms. The number of aryl methyl sites for hydroxylation is 1. The third kappa shape index (κ3) is 7.13. The highest BCUT2D eigenvalue weighted by Gasteiger charge is 2.11. The Hall–Kier alpha value is -0.740. The number of carbonyl (C=O) groups is 1. The second-order valence-corrected chi connectivity index (χ2v) is 6.98. The SMILES string of the molecule is CCCCCCNC(=O)CCCOc1cc(C)c(Cl)c(C)c1Br.